The molecule has 0 unspecified atom stereocenters. The summed E-state index contributed by atoms with van der Waals surface area (Å²) in [5.41, 5.74) is 0.781. The van der Waals surface area contributed by atoms with E-state index in [0.717, 1.165) is 11.6 Å². The van der Waals surface area contributed by atoms with Gasteiger partial charge in [-0.25, -0.2) is 8.78 Å². The summed E-state index contributed by atoms with van der Waals surface area (Å²) in [6.45, 7) is 0. The summed E-state index contributed by atoms with van der Waals surface area (Å²) >= 11 is 1.52. The molecule has 0 atom stereocenters. The van der Waals surface area contributed by atoms with Crippen molar-refractivity contribution in [2.45, 2.75) is 12.8 Å². The molecule has 8 heteroatoms. The number of rotatable bonds is 5. The number of halogens is 2. The lowest BCUT2D eigenvalue weighted by atomic mass is 10.2. The molecule has 3 aromatic rings. The summed E-state index contributed by atoms with van der Waals surface area (Å²) in [5.74, 6) is -1.17. The van der Waals surface area contributed by atoms with Crippen molar-refractivity contribution < 1.29 is 18.1 Å². The lowest BCUT2D eigenvalue weighted by molar-refractivity contribution is -0.116. The fourth-order valence-electron chi connectivity index (χ4n) is 1.89. The highest BCUT2D eigenvalue weighted by atomic mass is 32.1. The number of carbonyl (C=O) groups is 1. The predicted molar refractivity (Wildman–Crippen MR) is 80.9 cm³/mol. The van der Waals surface area contributed by atoms with E-state index in [1.54, 1.807) is 0 Å². The smallest absolute Gasteiger partial charge is 0.227 e. The average molecular weight is 335 g/mol. The predicted octanol–water partition coefficient (Wildman–Crippen LogP) is 3.65. The Morgan fingerprint density at radius 3 is 2.91 bits per heavy atom. The number of hydrogen-bond acceptors (Lipinski definition) is 5. The van der Waals surface area contributed by atoms with Gasteiger partial charge in [-0.3, -0.25) is 4.79 Å². The SMILES string of the molecule is O=C(CCc1nc(-c2ccsc2)no1)Nc1ccc(F)cc1F. The van der Waals surface area contributed by atoms with E-state index in [4.69, 9.17) is 4.52 Å². The molecule has 5 nitrogen and oxygen atoms in total. The maximum Gasteiger partial charge on any atom is 0.227 e. The number of aryl methyl sites for hydroxylation is 1. The molecule has 3 rings (SSSR count). The van der Waals surface area contributed by atoms with E-state index in [-0.39, 0.29) is 18.5 Å². The second-order valence-electron chi connectivity index (χ2n) is 4.70. The van der Waals surface area contributed by atoms with Gasteiger partial charge in [0.05, 0.1) is 5.69 Å². The van der Waals surface area contributed by atoms with Gasteiger partial charge in [0.2, 0.25) is 17.6 Å². The molecule has 0 spiro atoms. The van der Waals surface area contributed by atoms with Gasteiger partial charge in [-0.1, -0.05) is 5.16 Å². The van der Waals surface area contributed by atoms with E-state index in [2.05, 4.69) is 15.5 Å². The lowest BCUT2D eigenvalue weighted by Gasteiger charge is -2.05. The van der Waals surface area contributed by atoms with Gasteiger partial charge in [0.1, 0.15) is 11.6 Å². The maximum atomic E-state index is 13.4. The van der Waals surface area contributed by atoms with Gasteiger partial charge in [0, 0.05) is 29.9 Å². The van der Waals surface area contributed by atoms with Crippen LogP contribution >= 0.6 is 11.3 Å². The van der Waals surface area contributed by atoms with E-state index in [1.807, 2.05) is 16.8 Å². The minimum atomic E-state index is -0.823. The normalized spacial score (nSPS) is 10.7. The standard InChI is InChI=1S/C15H11F2N3O2S/c16-10-1-2-12(11(17)7-10)18-13(21)3-4-14-19-15(20-22-14)9-5-6-23-8-9/h1-2,5-8H,3-4H2,(H,18,21). The Hall–Kier alpha value is -2.61. The van der Waals surface area contributed by atoms with Crippen LogP contribution < -0.4 is 5.32 Å². The summed E-state index contributed by atoms with van der Waals surface area (Å²) in [7, 11) is 0. The molecule has 0 saturated heterocycles. The van der Waals surface area contributed by atoms with Crippen LogP contribution in [0.4, 0.5) is 14.5 Å². The van der Waals surface area contributed by atoms with Crippen molar-refractivity contribution in [3.05, 3.63) is 52.6 Å². The van der Waals surface area contributed by atoms with Gasteiger partial charge in [0.15, 0.2) is 0 Å². The molecule has 23 heavy (non-hydrogen) atoms. The third kappa shape index (κ3) is 3.78. The summed E-state index contributed by atoms with van der Waals surface area (Å²) in [4.78, 5) is 16.0. The molecule has 0 bridgehead atoms. The highest BCUT2D eigenvalue weighted by molar-refractivity contribution is 7.08. The molecule has 0 radical (unpaired) electrons. The Bertz CT molecular complexity index is 818. The minimum absolute atomic E-state index is 0.0437. The summed E-state index contributed by atoms with van der Waals surface area (Å²) in [6.07, 6.45) is 0.272. The molecule has 118 valence electrons. The van der Waals surface area contributed by atoms with Gasteiger partial charge < -0.3 is 9.84 Å². The lowest BCUT2D eigenvalue weighted by Crippen LogP contribution is -2.13. The Morgan fingerprint density at radius 2 is 2.17 bits per heavy atom. The number of aromatic nitrogens is 2. The maximum absolute atomic E-state index is 13.4. The third-order valence-corrected chi connectivity index (χ3v) is 3.70. The fourth-order valence-corrected chi connectivity index (χ4v) is 2.52. The van der Waals surface area contributed by atoms with Crippen molar-refractivity contribution in [1.29, 1.82) is 0 Å². The molecule has 1 amide bonds. The van der Waals surface area contributed by atoms with Crippen LogP contribution in [0, 0.1) is 11.6 Å². The Kier molecular flexibility index (Phi) is 4.42. The zero-order valence-electron chi connectivity index (χ0n) is 11.8. The largest absolute Gasteiger partial charge is 0.339 e. The van der Waals surface area contributed by atoms with E-state index in [0.29, 0.717) is 17.8 Å². The molecular weight excluding hydrogens is 324 g/mol. The molecule has 0 aliphatic heterocycles. The molecule has 2 aromatic heterocycles. The highest BCUT2D eigenvalue weighted by Crippen LogP contribution is 2.19. The first kappa shape index (κ1) is 15.3. The van der Waals surface area contributed by atoms with E-state index < -0.39 is 17.5 Å². The minimum Gasteiger partial charge on any atom is -0.339 e. The van der Waals surface area contributed by atoms with Gasteiger partial charge in [-0.05, 0) is 23.6 Å². The number of benzene rings is 1. The highest BCUT2D eigenvalue weighted by Gasteiger charge is 2.12. The van der Waals surface area contributed by atoms with Crippen molar-refractivity contribution in [2.75, 3.05) is 5.32 Å². The third-order valence-electron chi connectivity index (χ3n) is 3.02. The Balaban J connectivity index is 1.57. The molecule has 0 aliphatic rings. The second kappa shape index (κ2) is 6.66. The number of amides is 1. The van der Waals surface area contributed by atoms with Crippen LogP contribution in [0.2, 0.25) is 0 Å². The first-order valence-corrected chi connectivity index (χ1v) is 7.66. The van der Waals surface area contributed by atoms with Crippen LogP contribution in [0.1, 0.15) is 12.3 Å². The molecule has 0 fully saturated rings. The van der Waals surface area contributed by atoms with Crippen LogP contribution in [0.3, 0.4) is 0 Å². The Labute approximate surface area is 134 Å². The molecule has 0 saturated carbocycles. The number of thiophene rings is 1. The van der Waals surface area contributed by atoms with E-state index in [1.165, 1.54) is 17.4 Å². The van der Waals surface area contributed by atoms with Gasteiger partial charge in [0.25, 0.3) is 0 Å². The number of carbonyl (C=O) groups excluding carboxylic acids is 1. The van der Waals surface area contributed by atoms with E-state index >= 15 is 0 Å². The monoisotopic (exact) mass is 335 g/mol. The quantitative estimate of drug-likeness (QED) is 0.773. The van der Waals surface area contributed by atoms with Crippen LogP contribution in [0.15, 0.2) is 39.5 Å². The summed E-state index contributed by atoms with van der Waals surface area (Å²) in [5, 5.41) is 9.99. The van der Waals surface area contributed by atoms with Gasteiger partial charge in [-0.2, -0.15) is 16.3 Å². The van der Waals surface area contributed by atoms with Crippen molar-refractivity contribution in [2.24, 2.45) is 0 Å². The average Bonchev–Trinajstić information content (AvgIpc) is 3.18. The van der Waals surface area contributed by atoms with Crippen LogP contribution in [0.25, 0.3) is 11.4 Å². The number of hydrogen-bond donors (Lipinski definition) is 1. The van der Waals surface area contributed by atoms with E-state index in [9.17, 15) is 13.6 Å². The first-order chi connectivity index (χ1) is 11.1. The van der Waals surface area contributed by atoms with Gasteiger partial charge >= 0.3 is 0 Å². The molecule has 1 N–H and O–H groups in total. The summed E-state index contributed by atoms with van der Waals surface area (Å²) in [6, 6.07) is 4.82. The number of anilines is 1. The zero-order valence-corrected chi connectivity index (χ0v) is 12.6. The van der Waals surface area contributed by atoms with Crippen molar-refractivity contribution in [1.82, 2.24) is 10.1 Å². The van der Waals surface area contributed by atoms with Crippen LogP contribution in [0.5, 0.6) is 0 Å². The van der Waals surface area contributed by atoms with Crippen molar-refractivity contribution in [3.8, 4) is 11.4 Å². The zero-order chi connectivity index (χ0) is 16.2. The molecule has 0 aliphatic carbocycles. The fraction of sp³-hybridized carbons (Fsp3) is 0.133. The summed E-state index contributed by atoms with van der Waals surface area (Å²) < 4.78 is 31.3. The molecule has 1 aromatic carbocycles. The van der Waals surface area contributed by atoms with Crippen LogP contribution in [-0.2, 0) is 11.2 Å². The van der Waals surface area contributed by atoms with Gasteiger partial charge in [-0.15, -0.1) is 0 Å². The topological polar surface area (TPSA) is 68.0 Å². The number of nitrogens with one attached hydrogen (secondary N) is 1. The van der Waals surface area contributed by atoms with Crippen LogP contribution in [-0.4, -0.2) is 16.0 Å². The first-order valence-electron chi connectivity index (χ1n) is 6.72. The van der Waals surface area contributed by atoms with Crippen molar-refractivity contribution in [3.63, 3.8) is 0 Å². The molecular formula is C15H11F2N3O2S. The second-order valence-corrected chi connectivity index (χ2v) is 5.48. The molecule has 2 heterocycles. The number of nitrogens with zero attached hydrogens (tertiary/aromatic N) is 2. The van der Waals surface area contributed by atoms with Crippen molar-refractivity contribution >= 4 is 22.9 Å². The Morgan fingerprint density at radius 1 is 1.30 bits per heavy atom.